The minimum atomic E-state index is -4.39. The summed E-state index contributed by atoms with van der Waals surface area (Å²) in [5.41, 5.74) is 6.13. The minimum Gasteiger partial charge on any atom is -0.372 e. The van der Waals surface area contributed by atoms with Gasteiger partial charge in [-0.2, -0.15) is 13.2 Å². The van der Waals surface area contributed by atoms with E-state index >= 15 is 0 Å². The molecule has 0 saturated heterocycles. The van der Waals surface area contributed by atoms with Gasteiger partial charge < -0.3 is 10.6 Å². The lowest BCUT2D eigenvalue weighted by molar-refractivity contribution is -0.149. The zero-order chi connectivity index (χ0) is 13.1. The van der Waals surface area contributed by atoms with Crippen molar-refractivity contribution >= 4 is 5.69 Å². The summed E-state index contributed by atoms with van der Waals surface area (Å²) in [6.07, 6.45) is -4.39. The predicted molar refractivity (Wildman–Crippen MR) is 63.0 cm³/mol. The van der Waals surface area contributed by atoms with Crippen molar-refractivity contribution in [3.05, 3.63) is 29.8 Å². The van der Waals surface area contributed by atoms with Gasteiger partial charge in [0.2, 0.25) is 0 Å². The van der Waals surface area contributed by atoms with E-state index in [4.69, 9.17) is 5.73 Å². The van der Waals surface area contributed by atoms with Crippen LogP contribution in [0.2, 0.25) is 0 Å². The number of nitrogens with zero attached hydrogens (tertiary/aromatic N) is 1. The molecule has 17 heavy (non-hydrogen) atoms. The number of benzene rings is 1. The topological polar surface area (TPSA) is 29.3 Å². The Kier molecular flexibility index (Phi) is 4.40. The maximum atomic E-state index is 12.4. The third-order valence-electron chi connectivity index (χ3n) is 2.73. The first-order valence-corrected chi connectivity index (χ1v) is 5.57. The third-order valence-corrected chi connectivity index (χ3v) is 2.73. The first-order valence-electron chi connectivity index (χ1n) is 5.57. The van der Waals surface area contributed by atoms with Crippen LogP contribution in [0.4, 0.5) is 18.9 Å². The van der Waals surface area contributed by atoms with Gasteiger partial charge in [-0.25, -0.2) is 0 Å². The zero-order valence-electron chi connectivity index (χ0n) is 9.96. The van der Waals surface area contributed by atoms with Crippen LogP contribution in [-0.2, 0) is 0 Å². The number of rotatable bonds is 4. The van der Waals surface area contributed by atoms with Crippen LogP contribution in [0.25, 0.3) is 0 Å². The van der Waals surface area contributed by atoms with E-state index < -0.39 is 12.2 Å². The molecule has 0 unspecified atom stereocenters. The number of nitrogens with two attached hydrogens (primary N) is 1. The van der Waals surface area contributed by atoms with E-state index in [1.165, 1.54) is 12.1 Å². The molecule has 0 bridgehead atoms. The number of anilines is 1. The van der Waals surface area contributed by atoms with Crippen LogP contribution < -0.4 is 10.6 Å². The van der Waals surface area contributed by atoms with Crippen LogP contribution in [0.15, 0.2) is 24.3 Å². The van der Waals surface area contributed by atoms with Crippen LogP contribution in [0, 0.1) is 0 Å². The molecule has 96 valence electrons. The van der Waals surface area contributed by atoms with Gasteiger partial charge in [0.05, 0.1) is 0 Å². The highest BCUT2D eigenvalue weighted by Crippen LogP contribution is 2.31. The second-order valence-corrected chi connectivity index (χ2v) is 3.78. The summed E-state index contributed by atoms with van der Waals surface area (Å²) >= 11 is 0. The maximum absolute atomic E-state index is 12.4. The molecule has 1 atom stereocenters. The van der Waals surface area contributed by atoms with Gasteiger partial charge in [-0.1, -0.05) is 12.1 Å². The molecule has 0 aliphatic heterocycles. The van der Waals surface area contributed by atoms with Gasteiger partial charge in [0.15, 0.2) is 0 Å². The summed E-state index contributed by atoms with van der Waals surface area (Å²) in [4.78, 5) is 2.06. The van der Waals surface area contributed by atoms with E-state index in [0.717, 1.165) is 18.8 Å². The Hall–Kier alpha value is -1.23. The maximum Gasteiger partial charge on any atom is 0.407 e. The highest BCUT2D eigenvalue weighted by molar-refractivity contribution is 5.47. The Bertz CT molecular complexity index is 342. The average molecular weight is 246 g/mol. The first-order chi connectivity index (χ1) is 7.90. The van der Waals surface area contributed by atoms with Crippen molar-refractivity contribution < 1.29 is 13.2 Å². The van der Waals surface area contributed by atoms with Crippen LogP contribution in [-0.4, -0.2) is 19.3 Å². The SMILES string of the molecule is CCN(CC)c1ccc([C@H](N)C(F)(F)F)cc1. The Morgan fingerprint density at radius 1 is 1.12 bits per heavy atom. The zero-order valence-corrected chi connectivity index (χ0v) is 9.96. The average Bonchev–Trinajstić information content (AvgIpc) is 2.29. The summed E-state index contributed by atoms with van der Waals surface area (Å²) in [6, 6.07) is 4.31. The minimum absolute atomic E-state index is 0.0911. The lowest BCUT2D eigenvalue weighted by Gasteiger charge is -2.22. The number of hydrogen-bond donors (Lipinski definition) is 1. The van der Waals surface area contributed by atoms with E-state index in [0.29, 0.717) is 0 Å². The highest BCUT2D eigenvalue weighted by Gasteiger charge is 2.37. The number of hydrogen-bond acceptors (Lipinski definition) is 2. The van der Waals surface area contributed by atoms with Gasteiger partial charge in [-0.15, -0.1) is 0 Å². The largest absolute Gasteiger partial charge is 0.407 e. The fourth-order valence-corrected chi connectivity index (χ4v) is 1.67. The summed E-state index contributed by atoms with van der Waals surface area (Å²) < 4.78 is 37.2. The first kappa shape index (κ1) is 13.8. The molecule has 0 saturated carbocycles. The van der Waals surface area contributed by atoms with Gasteiger partial charge in [0, 0.05) is 18.8 Å². The van der Waals surface area contributed by atoms with Crippen LogP contribution in [0.1, 0.15) is 25.5 Å². The molecule has 1 aromatic carbocycles. The Morgan fingerprint density at radius 2 is 1.59 bits per heavy atom. The molecule has 0 amide bonds. The molecule has 1 rings (SSSR count). The Morgan fingerprint density at radius 3 is 1.94 bits per heavy atom. The van der Waals surface area contributed by atoms with Crippen molar-refractivity contribution in [2.45, 2.75) is 26.1 Å². The lowest BCUT2D eigenvalue weighted by Crippen LogP contribution is -2.28. The van der Waals surface area contributed by atoms with Gasteiger partial charge in [0.1, 0.15) is 6.04 Å². The molecule has 1 aromatic rings. The standard InChI is InChI=1S/C12H17F3N2/c1-3-17(4-2)10-7-5-9(6-8-10)11(16)12(13,14)15/h5-8,11H,3-4,16H2,1-2H3/t11-/m0/s1. The van der Waals surface area contributed by atoms with E-state index in [-0.39, 0.29) is 5.56 Å². The fraction of sp³-hybridized carbons (Fsp3) is 0.500. The molecule has 0 spiro atoms. The summed E-state index contributed by atoms with van der Waals surface area (Å²) in [6.45, 7) is 5.64. The molecule has 0 aromatic heterocycles. The summed E-state index contributed by atoms with van der Waals surface area (Å²) in [5.74, 6) is 0. The van der Waals surface area contributed by atoms with E-state index in [9.17, 15) is 13.2 Å². The quantitative estimate of drug-likeness (QED) is 0.884. The van der Waals surface area contributed by atoms with E-state index in [2.05, 4.69) is 4.90 Å². The van der Waals surface area contributed by atoms with Crippen molar-refractivity contribution in [2.24, 2.45) is 5.73 Å². The molecule has 0 radical (unpaired) electrons. The van der Waals surface area contributed by atoms with Crippen LogP contribution >= 0.6 is 0 Å². The van der Waals surface area contributed by atoms with Gasteiger partial charge in [0.25, 0.3) is 0 Å². The normalized spacial score (nSPS) is 13.5. The third kappa shape index (κ3) is 3.36. The molecule has 0 aliphatic carbocycles. The molecule has 2 nitrogen and oxygen atoms in total. The summed E-state index contributed by atoms with van der Waals surface area (Å²) in [7, 11) is 0. The molecule has 0 heterocycles. The predicted octanol–water partition coefficient (Wildman–Crippen LogP) is 3.09. The molecule has 2 N–H and O–H groups in total. The molecule has 0 fully saturated rings. The molecular formula is C12H17F3N2. The monoisotopic (exact) mass is 246 g/mol. The number of halogens is 3. The number of alkyl halides is 3. The summed E-state index contributed by atoms with van der Waals surface area (Å²) in [5, 5.41) is 0. The van der Waals surface area contributed by atoms with Crippen molar-refractivity contribution in [3.8, 4) is 0 Å². The molecular weight excluding hydrogens is 229 g/mol. The smallest absolute Gasteiger partial charge is 0.372 e. The van der Waals surface area contributed by atoms with Crippen molar-refractivity contribution in [1.29, 1.82) is 0 Å². The van der Waals surface area contributed by atoms with E-state index in [1.54, 1.807) is 12.1 Å². The second kappa shape index (κ2) is 5.40. The second-order valence-electron chi connectivity index (χ2n) is 3.78. The van der Waals surface area contributed by atoms with Gasteiger partial charge >= 0.3 is 6.18 Å². The van der Waals surface area contributed by atoms with Crippen molar-refractivity contribution in [1.82, 2.24) is 0 Å². The lowest BCUT2D eigenvalue weighted by atomic mass is 10.1. The van der Waals surface area contributed by atoms with Crippen LogP contribution in [0.5, 0.6) is 0 Å². The Balaban J connectivity index is 2.88. The molecule has 5 heteroatoms. The molecule has 0 aliphatic rings. The van der Waals surface area contributed by atoms with E-state index in [1.807, 2.05) is 13.8 Å². The van der Waals surface area contributed by atoms with Gasteiger partial charge in [-0.3, -0.25) is 0 Å². The highest BCUT2D eigenvalue weighted by atomic mass is 19.4. The van der Waals surface area contributed by atoms with Crippen molar-refractivity contribution in [3.63, 3.8) is 0 Å². The van der Waals surface area contributed by atoms with Crippen LogP contribution in [0.3, 0.4) is 0 Å². The van der Waals surface area contributed by atoms with Gasteiger partial charge in [-0.05, 0) is 31.5 Å². The van der Waals surface area contributed by atoms with Crippen molar-refractivity contribution in [2.75, 3.05) is 18.0 Å². The Labute approximate surface area is 99.2 Å². The fourth-order valence-electron chi connectivity index (χ4n) is 1.67.